The molecule has 1 unspecified atom stereocenters. The molecule has 8 nitrogen and oxygen atoms in total. The Morgan fingerprint density at radius 2 is 2.00 bits per heavy atom. The summed E-state index contributed by atoms with van der Waals surface area (Å²) in [5.41, 5.74) is -3.38. The maximum Gasteiger partial charge on any atom is 0.434 e. The second kappa shape index (κ2) is 8.86. The maximum absolute atomic E-state index is 14.7. The standard InChI is InChI=1S/C17H16ClF4N3O5/c1-4-11(16(26)29-5-2)30-12-7-9(19)8(6-10(12)25(27)28)14-13(18)15(17(20,21)22)24(3)23-14/h6-7,11H,4-5H2,1-3H3. The largest absolute Gasteiger partial charge is 0.471 e. The number of nitro benzene ring substituents is 1. The van der Waals surface area contributed by atoms with Crippen molar-refractivity contribution in [1.29, 1.82) is 0 Å². The molecule has 0 amide bonds. The first-order valence-corrected chi connectivity index (χ1v) is 8.91. The molecule has 30 heavy (non-hydrogen) atoms. The zero-order valence-electron chi connectivity index (χ0n) is 15.9. The normalized spacial score (nSPS) is 12.5. The number of alkyl halides is 3. The average Bonchev–Trinajstić information content (AvgIpc) is 2.93. The fourth-order valence-corrected chi connectivity index (χ4v) is 3.00. The lowest BCUT2D eigenvalue weighted by Gasteiger charge is -2.16. The number of carbonyl (C=O) groups excluding carboxylic acids is 1. The van der Waals surface area contributed by atoms with Gasteiger partial charge in [-0.25, -0.2) is 9.18 Å². The van der Waals surface area contributed by atoms with Crippen molar-refractivity contribution in [1.82, 2.24) is 9.78 Å². The Morgan fingerprint density at radius 3 is 2.47 bits per heavy atom. The Hall–Kier alpha value is -2.89. The van der Waals surface area contributed by atoms with E-state index in [1.165, 1.54) is 0 Å². The second-order valence-corrected chi connectivity index (χ2v) is 6.33. The highest BCUT2D eigenvalue weighted by Gasteiger charge is 2.40. The summed E-state index contributed by atoms with van der Waals surface area (Å²) in [5.74, 6) is -2.58. The fourth-order valence-electron chi connectivity index (χ4n) is 2.63. The van der Waals surface area contributed by atoms with Gasteiger partial charge in [-0.2, -0.15) is 18.3 Å². The fraction of sp³-hybridized carbons (Fsp3) is 0.412. The van der Waals surface area contributed by atoms with Crippen LogP contribution in [0.1, 0.15) is 26.0 Å². The van der Waals surface area contributed by atoms with Gasteiger partial charge in [0.15, 0.2) is 11.8 Å². The van der Waals surface area contributed by atoms with Gasteiger partial charge in [-0.15, -0.1) is 0 Å². The lowest BCUT2D eigenvalue weighted by atomic mass is 10.1. The Balaban J connectivity index is 2.58. The quantitative estimate of drug-likeness (QED) is 0.264. The third kappa shape index (κ3) is 4.64. The van der Waals surface area contributed by atoms with Crippen LogP contribution >= 0.6 is 11.6 Å². The molecular formula is C17H16ClF4N3O5. The summed E-state index contributed by atoms with van der Waals surface area (Å²) in [4.78, 5) is 22.4. The maximum atomic E-state index is 14.7. The molecule has 1 heterocycles. The van der Waals surface area contributed by atoms with Gasteiger partial charge in [-0.1, -0.05) is 18.5 Å². The van der Waals surface area contributed by atoms with Crippen molar-refractivity contribution < 1.29 is 36.8 Å². The first kappa shape index (κ1) is 23.4. The number of esters is 1. The van der Waals surface area contributed by atoms with Gasteiger partial charge in [-0.3, -0.25) is 14.8 Å². The Morgan fingerprint density at radius 1 is 1.37 bits per heavy atom. The highest BCUT2D eigenvalue weighted by atomic mass is 35.5. The van der Waals surface area contributed by atoms with Crippen molar-refractivity contribution in [2.24, 2.45) is 7.05 Å². The van der Waals surface area contributed by atoms with E-state index in [9.17, 15) is 32.5 Å². The lowest BCUT2D eigenvalue weighted by molar-refractivity contribution is -0.386. The Labute approximate surface area is 172 Å². The average molecular weight is 454 g/mol. The van der Waals surface area contributed by atoms with Crippen LogP contribution in [0.25, 0.3) is 11.3 Å². The van der Waals surface area contributed by atoms with Crippen LogP contribution < -0.4 is 4.74 Å². The summed E-state index contributed by atoms with van der Waals surface area (Å²) in [6, 6.07) is 1.24. The number of aryl methyl sites for hydroxylation is 1. The van der Waals surface area contributed by atoms with Crippen LogP contribution in [0.3, 0.4) is 0 Å². The molecular weight excluding hydrogens is 438 g/mol. The molecule has 0 aliphatic rings. The number of nitrogens with zero attached hydrogens (tertiary/aromatic N) is 3. The van der Waals surface area contributed by atoms with Crippen LogP contribution in [0.15, 0.2) is 12.1 Å². The summed E-state index contributed by atoms with van der Waals surface area (Å²) in [6.07, 6.45) is -6.05. The third-order valence-electron chi connectivity index (χ3n) is 3.95. The van der Waals surface area contributed by atoms with E-state index in [0.29, 0.717) is 16.8 Å². The molecule has 13 heteroatoms. The molecule has 0 saturated heterocycles. The molecule has 1 aromatic carbocycles. The summed E-state index contributed by atoms with van der Waals surface area (Å²) in [7, 11) is 0.952. The number of hydrogen-bond acceptors (Lipinski definition) is 6. The van der Waals surface area contributed by atoms with Gasteiger partial charge in [0.1, 0.15) is 11.5 Å². The first-order chi connectivity index (χ1) is 13.9. The molecule has 0 N–H and O–H groups in total. The van der Waals surface area contributed by atoms with E-state index < -0.39 is 62.4 Å². The Bertz CT molecular complexity index is 977. The molecule has 2 aromatic rings. The van der Waals surface area contributed by atoms with Crippen LogP contribution in [0, 0.1) is 15.9 Å². The van der Waals surface area contributed by atoms with Crippen molar-refractivity contribution >= 4 is 23.3 Å². The molecule has 164 valence electrons. The smallest absolute Gasteiger partial charge is 0.434 e. The Kier molecular flexibility index (Phi) is 6.91. The minimum absolute atomic E-state index is 0.0355. The number of ether oxygens (including phenoxy) is 2. The highest BCUT2D eigenvalue weighted by Crippen LogP contribution is 2.42. The number of aromatic nitrogens is 2. The van der Waals surface area contributed by atoms with Crippen LogP contribution in [0.5, 0.6) is 5.75 Å². The van der Waals surface area contributed by atoms with E-state index in [4.69, 9.17) is 21.1 Å². The van der Waals surface area contributed by atoms with Crippen molar-refractivity contribution in [2.75, 3.05) is 6.61 Å². The molecule has 0 saturated carbocycles. The molecule has 0 aliphatic heterocycles. The topological polar surface area (TPSA) is 96.5 Å². The number of halogens is 5. The summed E-state index contributed by atoms with van der Waals surface area (Å²) >= 11 is 5.74. The molecule has 0 fully saturated rings. The van der Waals surface area contributed by atoms with E-state index in [1.807, 2.05) is 0 Å². The van der Waals surface area contributed by atoms with Crippen molar-refractivity contribution in [2.45, 2.75) is 32.5 Å². The summed E-state index contributed by atoms with van der Waals surface area (Å²) in [6.45, 7) is 3.13. The molecule has 0 bridgehead atoms. The predicted octanol–water partition coefficient (Wildman–Crippen LogP) is 4.53. The minimum atomic E-state index is -4.88. The number of hydrogen-bond donors (Lipinski definition) is 0. The van der Waals surface area contributed by atoms with Gasteiger partial charge in [0.05, 0.1) is 16.6 Å². The number of carbonyl (C=O) groups is 1. The van der Waals surface area contributed by atoms with Gasteiger partial charge < -0.3 is 9.47 Å². The van der Waals surface area contributed by atoms with Gasteiger partial charge in [0.25, 0.3) is 0 Å². The molecule has 0 spiro atoms. The van der Waals surface area contributed by atoms with Crippen LogP contribution in [0.4, 0.5) is 23.2 Å². The zero-order chi connectivity index (χ0) is 22.8. The van der Waals surface area contributed by atoms with Gasteiger partial charge in [0, 0.05) is 24.7 Å². The SMILES string of the molecule is CCOC(=O)C(CC)Oc1cc(F)c(-c2nn(C)c(C(F)(F)F)c2Cl)cc1[N+](=O)[O-]. The zero-order valence-corrected chi connectivity index (χ0v) is 16.7. The van der Waals surface area contributed by atoms with E-state index in [2.05, 4.69) is 5.10 Å². The first-order valence-electron chi connectivity index (χ1n) is 8.53. The molecule has 0 radical (unpaired) electrons. The second-order valence-electron chi connectivity index (χ2n) is 5.96. The van der Waals surface area contributed by atoms with Crippen molar-refractivity contribution in [3.05, 3.63) is 38.8 Å². The van der Waals surface area contributed by atoms with Gasteiger partial charge in [0.2, 0.25) is 5.75 Å². The van der Waals surface area contributed by atoms with Crippen LogP contribution in [-0.2, 0) is 22.8 Å². The van der Waals surface area contributed by atoms with E-state index in [-0.39, 0.29) is 13.0 Å². The van der Waals surface area contributed by atoms with Crippen LogP contribution in [0.2, 0.25) is 5.02 Å². The molecule has 1 atom stereocenters. The monoisotopic (exact) mass is 453 g/mol. The van der Waals surface area contributed by atoms with Gasteiger partial charge in [-0.05, 0) is 13.3 Å². The molecule has 0 aliphatic carbocycles. The third-order valence-corrected chi connectivity index (χ3v) is 4.31. The highest BCUT2D eigenvalue weighted by molar-refractivity contribution is 6.33. The summed E-state index contributed by atoms with van der Waals surface area (Å²) in [5, 5.41) is 14.1. The molecule has 1 aromatic heterocycles. The minimum Gasteiger partial charge on any atom is -0.471 e. The summed E-state index contributed by atoms with van der Waals surface area (Å²) < 4.78 is 64.5. The van der Waals surface area contributed by atoms with E-state index in [0.717, 1.165) is 7.05 Å². The number of nitro groups is 1. The lowest BCUT2D eigenvalue weighted by Crippen LogP contribution is -2.29. The number of rotatable bonds is 7. The van der Waals surface area contributed by atoms with Crippen molar-refractivity contribution in [3.63, 3.8) is 0 Å². The number of benzene rings is 1. The van der Waals surface area contributed by atoms with Crippen LogP contribution in [-0.4, -0.2) is 33.4 Å². The predicted molar refractivity (Wildman–Crippen MR) is 96.6 cm³/mol. The van der Waals surface area contributed by atoms with Gasteiger partial charge >= 0.3 is 17.8 Å². The van der Waals surface area contributed by atoms with E-state index >= 15 is 0 Å². The van der Waals surface area contributed by atoms with Crippen molar-refractivity contribution in [3.8, 4) is 17.0 Å². The molecule has 2 rings (SSSR count). The van der Waals surface area contributed by atoms with E-state index in [1.54, 1.807) is 13.8 Å².